The monoisotopic (exact) mass is 417 g/mol. The lowest BCUT2D eigenvalue weighted by Gasteiger charge is -2.14. The lowest BCUT2D eigenvalue weighted by Crippen LogP contribution is -2.35. The van der Waals surface area contributed by atoms with Crippen molar-refractivity contribution >= 4 is 46.7 Å². The van der Waals surface area contributed by atoms with Crippen molar-refractivity contribution in [1.82, 2.24) is 5.32 Å². The summed E-state index contributed by atoms with van der Waals surface area (Å²) in [5.41, 5.74) is 1.41. The molecule has 0 spiro atoms. The van der Waals surface area contributed by atoms with E-state index in [-0.39, 0.29) is 12.5 Å². The average molecular weight is 418 g/mol. The standard InChI is InChI=1S/C20H20ClN3O5/c1-12(19(27)24-17-9-7-16(8-10-17)23-13(2)25)29-18(26)11-22-20(28)14-3-5-15(21)6-4-14/h3-10,12H,11H2,1-2H3,(H,22,28)(H,23,25)(H,24,27)/t12-/m1/s1. The first-order chi connectivity index (χ1) is 13.7. The molecule has 8 nitrogen and oxygen atoms in total. The van der Waals surface area contributed by atoms with E-state index < -0.39 is 23.9 Å². The molecular formula is C20H20ClN3O5. The minimum Gasteiger partial charge on any atom is -0.451 e. The highest BCUT2D eigenvalue weighted by Gasteiger charge is 2.18. The molecule has 0 aliphatic heterocycles. The Kier molecular flexibility index (Phi) is 7.73. The predicted molar refractivity (Wildman–Crippen MR) is 109 cm³/mol. The molecule has 0 saturated carbocycles. The lowest BCUT2D eigenvalue weighted by molar-refractivity contribution is -0.152. The van der Waals surface area contributed by atoms with Gasteiger partial charge in [0.2, 0.25) is 5.91 Å². The van der Waals surface area contributed by atoms with E-state index in [9.17, 15) is 19.2 Å². The number of rotatable bonds is 7. The maximum absolute atomic E-state index is 12.1. The topological polar surface area (TPSA) is 114 Å². The van der Waals surface area contributed by atoms with Gasteiger partial charge in [0, 0.05) is 28.9 Å². The molecule has 0 heterocycles. The van der Waals surface area contributed by atoms with Gasteiger partial charge >= 0.3 is 5.97 Å². The Bertz CT molecular complexity index is 897. The molecule has 2 aromatic rings. The molecule has 0 bridgehead atoms. The van der Waals surface area contributed by atoms with Gasteiger partial charge in [-0.15, -0.1) is 0 Å². The number of carbonyl (C=O) groups excluding carboxylic acids is 4. The van der Waals surface area contributed by atoms with Crippen molar-refractivity contribution in [2.45, 2.75) is 20.0 Å². The Morgan fingerprint density at radius 3 is 2.03 bits per heavy atom. The van der Waals surface area contributed by atoms with Crippen LogP contribution < -0.4 is 16.0 Å². The number of benzene rings is 2. The van der Waals surface area contributed by atoms with Gasteiger partial charge in [-0.3, -0.25) is 19.2 Å². The van der Waals surface area contributed by atoms with E-state index in [4.69, 9.17) is 16.3 Å². The Morgan fingerprint density at radius 2 is 1.48 bits per heavy atom. The van der Waals surface area contributed by atoms with Crippen LogP contribution in [0.25, 0.3) is 0 Å². The molecule has 0 aliphatic rings. The SMILES string of the molecule is CC(=O)Nc1ccc(NC(=O)[C@@H](C)OC(=O)CNC(=O)c2ccc(Cl)cc2)cc1. The Hall–Kier alpha value is -3.39. The van der Waals surface area contributed by atoms with Crippen LogP contribution in [0.15, 0.2) is 48.5 Å². The van der Waals surface area contributed by atoms with Gasteiger partial charge in [0.05, 0.1) is 0 Å². The van der Waals surface area contributed by atoms with Gasteiger partial charge in [0.1, 0.15) is 6.54 Å². The summed E-state index contributed by atoms with van der Waals surface area (Å²) in [7, 11) is 0. The van der Waals surface area contributed by atoms with E-state index in [2.05, 4.69) is 16.0 Å². The normalized spacial score (nSPS) is 11.1. The van der Waals surface area contributed by atoms with E-state index in [0.717, 1.165) is 0 Å². The summed E-state index contributed by atoms with van der Waals surface area (Å²) in [6.45, 7) is 2.42. The third-order valence-corrected chi connectivity index (χ3v) is 3.90. The van der Waals surface area contributed by atoms with Crippen molar-refractivity contribution in [2.24, 2.45) is 0 Å². The van der Waals surface area contributed by atoms with Crippen LogP contribution in [0.1, 0.15) is 24.2 Å². The van der Waals surface area contributed by atoms with Gasteiger partial charge in [-0.2, -0.15) is 0 Å². The molecule has 2 rings (SSSR count). The average Bonchev–Trinajstić information content (AvgIpc) is 2.67. The van der Waals surface area contributed by atoms with Crippen LogP contribution >= 0.6 is 11.6 Å². The minimum absolute atomic E-state index is 0.203. The van der Waals surface area contributed by atoms with Gasteiger partial charge in [0.15, 0.2) is 6.10 Å². The molecule has 152 valence electrons. The fourth-order valence-corrected chi connectivity index (χ4v) is 2.36. The van der Waals surface area contributed by atoms with Crippen LogP contribution in [0.2, 0.25) is 5.02 Å². The van der Waals surface area contributed by atoms with Crippen molar-refractivity contribution in [3.05, 3.63) is 59.1 Å². The Morgan fingerprint density at radius 1 is 0.931 bits per heavy atom. The number of esters is 1. The van der Waals surface area contributed by atoms with Crippen molar-refractivity contribution in [1.29, 1.82) is 0 Å². The fraction of sp³-hybridized carbons (Fsp3) is 0.200. The maximum Gasteiger partial charge on any atom is 0.326 e. The van der Waals surface area contributed by atoms with Crippen molar-refractivity contribution in [3.8, 4) is 0 Å². The molecule has 0 aromatic heterocycles. The summed E-state index contributed by atoms with van der Waals surface area (Å²) in [5.74, 6) is -1.95. The predicted octanol–water partition coefficient (Wildman–Crippen LogP) is 2.60. The molecule has 2 aromatic carbocycles. The van der Waals surface area contributed by atoms with Gasteiger partial charge in [-0.1, -0.05) is 11.6 Å². The molecule has 0 fully saturated rings. The van der Waals surface area contributed by atoms with Crippen LogP contribution in [-0.2, 0) is 19.1 Å². The number of anilines is 2. The number of nitrogens with one attached hydrogen (secondary N) is 3. The van der Waals surface area contributed by atoms with Crippen LogP contribution in [-0.4, -0.2) is 36.3 Å². The molecule has 3 N–H and O–H groups in total. The zero-order valence-electron chi connectivity index (χ0n) is 15.8. The van der Waals surface area contributed by atoms with Crippen LogP contribution in [0.4, 0.5) is 11.4 Å². The second kappa shape index (κ2) is 10.2. The van der Waals surface area contributed by atoms with Crippen LogP contribution in [0.3, 0.4) is 0 Å². The van der Waals surface area contributed by atoms with E-state index >= 15 is 0 Å². The number of ether oxygens (including phenoxy) is 1. The van der Waals surface area contributed by atoms with Gasteiger partial charge in [-0.05, 0) is 55.5 Å². The van der Waals surface area contributed by atoms with Gasteiger partial charge in [-0.25, -0.2) is 0 Å². The molecule has 3 amide bonds. The zero-order valence-corrected chi connectivity index (χ0v) is 16.6. The second-order valence-corrected chi connectivity index (χ2v) is 6.51. The number of hydrogen-bond donors (Lipinski definition) is 3. The minimum atomic E-state index is -1.06. The molecular weight excluding hydrogens is 398 g/mol. The van der Waals surface area contributed by atoms with E-state index in [1.807, 2.05) is 0 Å². The van der Waals surface area contributed by atoms with Crippen molar-refractivity contribution < 1.29 is 23.9 Å². The summed E-state index contributed by atoms with van der Waals surface area (Å²) in [4.78, 5) is 47.0. The van der Waals surface area contributed by atoms with Gasteiger partial charge in [0.25, 0.3) is 11.8 Å². The van der Waals surface area contributed by atoms with E-state index in [0.29, 0.717) is 22.0 Å². The zero-order chi connectivity index (χ0) is 21.4. The summed E-state index contributed by atoms with van der Waals surface area (Å²) in [6.07, 6.45) is -1.06. The highest BCUT2D eigenvalue weighted by atomic mass is 35.5. The molecule has 0 unspecified atom stereocenters. The Balaban J connectivity index is 1.79. The third-order valence-electron chi connectivity index (χ3n) is 3.65. The maximum atomic E-state index is 12.1. The number of carbonyl (C=O) groups is 4. The van der Waals surface area contributed by atoms with Crippen molar-refractivity contribution in [3.63, 3.8) is 0 Å². The molecule has 29 heavy (non-hydrogen) atoms. The summed E-state index contributed by atoms with van der Waals surface area (Å²) >= 11 is 5.76. The van der Waals surface area contributed by atoms with Crippen LogP contribution in [0.5, 0.6) is 0 Å². The van der Waals surface area contributed by atoms with Gasteiger partial charge < -0.3 is 20.7 Å². The summed E-state index contributed by atoms with van der Waals surface area (Å²) < 4.78 is 5.02. The van der Waals surface area contributed by atoms with Crippen molar-refractivity contribution in [2.75, 3.05) is 17.2 Å². The number of halogens is 1. The quantitative estimate of drug-likeness (QED) is 0.599. The molecule has 0 saturated heterocycles. The first-order valence-electron chi connectivity index (χ1n) is 8.66. The summed E-state index contributed by atoms with van der Waals surface area (Å²) in [5, 5.41) is 8.11. The summed E-state index contributed by atoms with van der Waals surface area (Å²) in [6, 6.07) is 12.6. The lowest BCUT2D eigenvalue weighted by atomic mass is 10.2. The number of hydrogen-bond acceptors (Lipinski definition) is 5. The molecule has 1 atom stereocenters. The second-order valence-electron chi connectivity index (χ2n) is 6.07. The Labute approximate surface area is 172 Å². The van der Waals surface area contributed by atoms with E-state index in [1.165, 1.54) is 26.0 Å². The molecule has 0 aliphatic carbocycles. The molecule has 9 heteroatoms. The number of amides is 3. The fourth-order valence-electron chi connectivity index (χ4n) is 2.23. The first kappa shape index (κ1) is 21.9. The van der Waals surface area contributed by atoms with E-state index in [1.54, 1.807) is 36.4 Å². The smallest absolute Gasteiger partial charge is 0.326 e. The first-order valence-corrected chi connectivity index (χ1v) is 9.04. The highest BCUT2D eigenvalue weighted by molar-refractivity contribution is 6.30. The third kappa shape index (κ3) is 7.27. The molecule has 0 radical (unpaired) electrons. The van der Waals surface area contributed by atoms with Crippen LogP contribution in [0, 0.1) is 0 Å². The largest absolute Gasteiger partial charge is 0.451 e. The highest BCUT2D eigenvalue weighted by Crippen LogP contribution is 2.14.